The van der Waals surface area contributed by atoms with Crippen molar-refractivity contribution in [3.8, 4) is 0 Å². The van der Waals surface area contributed by atoms with E-state index >= 15 is 0 Å². The minimum atomic E-state index is 0.188. The van der Waals surface area contributed by atoms with Crippen LogP contribution >= 0.6 is 0 Å². The van der Waals surface area contributed by atoms with Crippen LogP contribution in [0.3, 0.4) is 0 Å². The molecule has 2 heteroatoms. The molecule has 0 amide bonds. The Morgan fingerprint density at radius 1 is 0.952 bits per heavy atom. The van der Waals surface area contributed by atoms with Crippen LogP contribution < -0.4 is 0 Å². The van der Waals surface area contributed by atoms with Crippen molar-refractivity contribution in [1.82, 2.24) is 0 Å². The first kappa shape index (κ1) is 16.5. The molecule has 21 heavy (non-hydrogen) atoms. The highest BCUT2D eigenvalue weighted by atomic mass is 16.1. The molecule has 0 aliphatic heterocycles. The van der Waals surface area contributed by atoms with Crippen molar-refractivity contribution < 1.29 is 9.59 Å². The van der Waals surface area contributed by atoms with Crippen molar-refractivity contribution in [2.45, 2.75) is 77.6 Å². The van der Waals surface area contributed by atoms with Gasteiger partial charge < -0.3 is 0 Å². The smallest absolute Gasteiger partial charge is 0.155 e. The van der Waals surface area contributed by atoms with Gasteiger partial charge in [0.05, 0.1) is 0 Å². The Kier molecular flexibility index (Phi) is 6.66. The van der Waals surface area contributed by atoms with Gasteiger partial charge in [-0.1, -0.05) is 31.8 Å². The summed E-state index contributed by atoms with van der Waals surface area (Å²) in [5.74, 6) is 2.74. The minimum Gasteiger partial charge on any atom is -0.299 e. The van der Waals surface area contributed by atoms with E-state index in [0.717, 1.165) is 37.5 Å². The van der Waals surface area contributed by atoms with Crippen molar-refractivity contribution in [1.29, 1.82) is 0 Å². The third kappa shape index (κ3) is 5.09. The number of unbranched alkanes of at least 4 members (excludes halogenated alkanes) is 1. The van der Waals surface area contributed by atoms with Gasteiger partial charge in [-0.15, -0.1) is 0 Å². The van der Waals surface area contributed by atoms with E-state index < -0.39 is 0 Å². The fourth-order valence-electron chi connectivity index (χ4n) is 4.24. The normalized spacial score (nSPS) is 29.3. The third-order valence-corrected chi connectivity index (χ3v) is 5.44. The van der Waals surface area contributed by atoms with Crippen LogP contribution in [0, 0.1) is 17.8 Å². The summed E-state index contributed by atoms with van der Waals surface area (Å²) in [6.45, 7) is 1.86. The Morgan fingerprint density at radius 3 is 2.43 bits per heavy atom. The van der Waals surface area contributed by atoms with E-state index in [1.54, 1.807) is 12.2 Å². The minimum absolute atomic E-state index is 0.188. The molecule has 3 unspecified atom stereocenters. The van der Waals surface area contributed by atoms with Crippen LogP contribution in [0.4, 0.5) is 0 Å². The zero-order valence-corrected chi connectivity index (χ0v) is 13.5. The molecule has 0 aromatic heterocycles. The van der Waals surface area contributed by atoms with Gasteiger partial charge in [0.15, 0.2) is 5.78 Å². The highest BCUT2D eigenvalue weighted by Crippen LogP contribution is 2.43. The predicted molar refractivity (Wildman–Crippen MR) is 86.1 cm³/mol. The lowest BCUT2D eigenvalue weighted by Gasteiger charge is -2.38. The number of hydrogen-bond acceptors (Lipinski definition) is 2. The van der Waals surface area contributed by atoms with E-state index in [1.807, 2.05) is 6.92 Å². The molecular weight excluding hydrogens is 260 g/mol. The SMILES string of the molecule is C/C=C/C(=O)CCCCC(=O)C1CCC2CCCCC2C1. The summed E-state index contributed by atoms with van der Waals surface area (Å²) >= 11 is 0. The summed E-state index contributed by atoms with van der Waals surface area (Å²) in [7, 11) is 0. The lowest BCUT2D eigenvalue weighted by Crippen LogP contribution is -2.31. The largest absolute Gasteiger partial charge is 0.299 e. The molecular formula is C19H30O2. The molecule has 2 fully saturated rings. The molecule has 3 atom stereocenters. The van der Waals surface area contributed by atoms with Gasteiger partial charge in [0.1, 0.15) is 5.78 Å². The predicted octanol–water partition coefficient (Wildman–Crippen LogP) is 4.87. The molecule has 2 nitrogen and oxygen atoms in total. The van der Waals surface area contributed by atoms with Gasteiger partial charge in [0.25, 0.3) is 0 Å². The first-order chi connectivity index (χ1) is 10.2. The van der Waals surface area contributed by atoms with Crippen LogP contribution in [-0.2, 0) is 9.59 Å². The van der Waals surface area contributed by atoms with E-state index in [2.05, 4.69) is 0 Å². The highest BCUT2D eigenvalue weighted by Gasteiger charge is 2.34. The summed E-state index contributed by atoms with van der Waals surface area (Å²) in [5, 5.41) is 0. The second-order valence-electron chi connectivity index (χ2n) is 6.95. The molecule has 118 valence electrons. The lowest BCUT2D eigenvalue weighted by molar-refractivity contribution is -0.125. The third-order valence-electron chi connectivity index (χ3n) is 5.44. The first-order valence-corrected chi connectivity index (χ1v) is 8.89. The van der Waals surface area contributed by atoms with Gasteiger partial charge >= 0.3 is 0 Å². The summed E-state index contributed by atoms with van der Waals surface area (Å²) in [4.78, 5) is 23.7. The van der Waals surface area contributed by atoms with Gasteiger partial charge in [0.2, 0.25) is 0 Å². The zero-order valence-electron chi connectivity index (χ0n) is 13.5. The maximum atomic E-state index is 12.3. The summed E-state index contributed by atoms with van der Waals surface area (Å²) in [6.07, 6.45) is 15.5. The molecule has 2 aliphatic carbocycles. The second kappa shape index (κ2) is 8.51. The quantitative estimate of drug-likeness (QED) is 0.495. The Labute approximate surface area is 129 Å². The maximum absolute atomic E-state index is 12.3. The molecule has 2 aliphatic rings. The van der Waals surface area contributed by atoms with E-state index in [4.69, 9.17) is 0 Å². The van der Waals surface area contributed by atoms with Crippen LogP contribution in [0.1, 0.15) is 77.6 Å². The second-order valence-corrected chi connectivity index (χ2v) is 6.95. The van der Waals surface area contributed by atoms with Gasteiger partial charge in [-0.05, 0) is 56.9 Å². The van der Waals surface area contributed by atoms with Crippen molar-refractivity contribution in [3.05, 3.63) is 12.2 Å². The van der Waals surface area contributed by atoms with E-state index in [0.29, 0.717) is 24.5 Å². The maximum Gasteiger partial charge on any atom is 0.155 e. The van der Waals surface area contributed by atoms with Crippen molar-refractivity contribution in [3.63, 3.8) is 0 Å². The fourth-order valence-corrected chi connectivity index (χ4v) is 4.24. The van der Waals surface area contributed by atoms with Crippen LogP contribution in [0.25, 0.3) is 0 Å². The Morgan fingerprint density at radius 2 is 1.67 bits per heavy atom. The van der Waals surface area contributed by atoms with Crippen molar-refractivity contribution in [2.24, 2.45) is 17.8 Å². The zero-order chi connectivity index (χ0) is 15.1. The number of fused-ring (bicyclic) bond motifs is 1. The number of carbonyl (C=O) groups is 2. The van der Waals surface area contributed by atoms with E-state index in [1.165, 1.54) is 32.1 Å². The Balaban J connectivity index is 1.65. The lowest BCUT2D eigenvalue weighted by atomic mass is 9.66. The van der Waals surface area contributed by atoms with Gasteiger partial charge in [0, 0.05) is 18.8 Å². The standard InChI is InChI=1S/C19H30O2/c1-2-7-18(20)10-5-6-11-19(21)17-13-12-15-8-3-4-9-16(15)14-17/h2,7,15-17H,3-6,8-14H2,1H3/b7-2+. The highest BCUT2D eigenvalue weighted by molar-refractivity contribution is 5.89. The molecule has 0 heterocycles. The average molecular weight is 290 g/mol. The molecule has 2 saturated carbocycles. The molecule has 0 aromatic rings. The molecule has 0 N–H and O–H groups in total. The van der Waals surface area contributed by atoms with Crippen LogP contribution in [-0.4, -0.2) is 11.6 Å². The Bertz CT molecular complexity index is 383. The van der Waals surface area contributed by atoms with Gasteiger partial charge in [-0.3, -0.25) is 9.59 Å². The topological polar surface area (TPSA) is 34.1 Å². The number of ketones is 2. The van der Waals surface area contributed by atoms with Crippen molar-refractivity contribution >= 4 is 11.6 Å². The first-order valence-electron chi connectivity index (χ1n) is 8.89. The molecule has 0 spiro atoms. The van der Waals surface area contributed by atoms with E-state index in [-0.39, 0.29) is 5.78 Å². The summed E-state index contributed by atoms with van der Waals surface area (Å²) < 4.78 is 0. The summed E-state index contributed by atoms with van der Waals surface area (Å²) in [6, 6.07) is 0. The van der Waals surface area contributed by atoms with Crippen LogP contribution in [0.15, 0.2) is 12.2 Å². The van der Waals surface area contributed by atoms with Crippen LogP contribution in [0.5, 0.6) is 0 Å². The van der Waals surface area contributed by atoms with E-state index in [9.17, 15) is 9.59 Å². The summed E-state index contributed by atoms with van der Waals surface area (Å²) in [5.41, 5.74) is 0. The number of Topliss-reactive ketones (excluding diaryl/α,β-unsaturated/α-hetero) is 1. The van der Waals surface area contributed by atoms with Crippen molar-refractivity contribution in [2.75, 3.05) is 0 Å². The Hall–Kier alpha value is -0.920. The van der Waals surface area contributed by atoms with Gasteiger partial charge in [-0.25, -0.2) is 0 Å². The molecule has 0 aromatic carbocycles. The van der Waals surface area contributed by atoms with Crippen LogP contribution in [0.2, 0.25) is 0 Å². The average Bonchev–Trinajstić information content (AvgIpc) is 2.51. The van der Waals surface area contributed by atoms with Gasteiger partial charge in [-0.2, -0.15) is 0 Å². The monoisotopic (exact) mass is 290 g/mol. The fraction of sp³-hybridized carbons (Fsp3) is 0.789. The molecule has 0 bridgehead atoms. The molecule has 2 rings (SSSR count). The number of rotatable bonds is 7. The number of carbonyl (C=O) groups excluding carboxylic acids is 2. The molecule has 0 saturated heterocycles. The number of allylic oxidation sites excluding steroid dienone is 2. The molecule has 0 radical (unpaired) electrons. The number of hydrogen-bond donors (Lipinski definition) is 0.